The molecule has 3 aromatic heterocycles. The highest BCUT2D eigenvalue weighted by molar-refractivity contribution is 6.02. The molecule has 1 fully saturated rings. The molecule has 2 aromatic carbocycles. The van der Waals surface area contributed by atoms with Crippen LogP contribution < -0.4 is 5.73 Å². The smallest absolute Gasteiger partial charge is 0.146 e. The number of halogens is 2. The van der Waals surface area contributed by atoms with E-state index in [4.69, 9.17) is 5.73 Å². The van der Waals surface area contributed by atoms with Gasteiger partial charge in [-0.25, -0.2) is 18.7 Å². The Labute approximate surface area is 175 Å². The molecule has 1 saturated carbocycles. The van der Waals surface area contributed by atoms with Gasteiger partial charge in [-0.3, -0.25) is 4.68 Å². The van der Waals surface area contributed by atoms with Crippen molar-refractivity contribution in [2.24, 2.45) is 0 Å². The van der Waals surface area contributed by atoms with Crippen molar-refractivity contribution in [3.8, 4) is 11.1 Å². The monoisotopic (exact) mass is 416 g/mol. The minimum atomic E-state index is -0.596. The first-order valence-corrected chi connectivity index (χ1v) is 10.1. The minimum absolute atomic E-state index is 0.278. The van der Waals surface area contributed by atoms with Gasteiger partial charge in [0.1, 0.15) is 29.4 Å². The summed E-state index contributed by atoms with van der Waals surface area (Å²) in [5, 5.41) is 6.33. The lowest BCUT2D eigenvalue weighted by molar-refractivity contribution is 0.575. The summed E-state index contributed by atoms with van der Waals surface area (Å²) in [7, 11) is 0. The van der Waals surface area contributed by atoms with Crippen LogP contribution in [-0.4, -0.2) is 24.3 Å². The lowest BCUT2D eigenvalue weighted by Crippen LogP contribution is -2.01. The third-order valence-electron chi connectivity index (χ3n) is 5.71. The molecule has 2 N–H and O–H groups in total. The molecule has 0 spiro atoms. The molecule has 1 aliphatic rings. The Hall–Kier alpha value is -3.81. The number of aromatic nitrogens is 5. The van der Waals surface area contributed by atoms with Crippen LogP contribution in [0.1, 0.15) is 24.4 Å². The standard InChI is InChI=1S/C23H18F2N6/c24-16-5-13(6-17(25)8-16)9-30-10-15-7-14(1-4-20(15)29-30)19-11-31(18-2-3-18)23-21(19)22(26)27-12-28-23/h1,4-8,10-12,18H,2-3,9H2,(H2,26,27,28). The van der Waals surface area contributed by atoms with Gasteiger partial charge in [-0.2, -0.15) is 5.10 Å². The predicted molar refractivity (Wildman–Crippen MR) is 114 cm³/mol. The van der Waals surface area contributed by atoms with E-state index in [2.05, 4.69) is 25.8 Å². The molecule has 0 unspecified atom stereocenters. The lowest BCUT2D eigenvalue weighted by atomic mass is 10.0. The Morgan fingerprint density at radius 2 is 1.81 bits per heavy atom. The third-order valence-corrected chi connectivity index (χ3v) is 5.71. The molecule has 31 heavy (non-hydrogen) atoms. The molecule has 8 heteroatoms. The fraction of sp³-hybridized carbons (Fsp3) is 0.174. The van der Waals surface area contributed by atoms with Gasteiger partial charge in [-0.1, -0.05) is 6.07 Å². The number of hydrogen-bond acceptors (Lipinski definition) is 4. The second kappa shape index (κ2) is 6.60. The SMILES string of the molecule is Nc1ncnc2c1c(-c1ccc3nn(Cc4cc(F)cc(F)c4)cc3c1)cn2C1CC1. The highest BCUT2D eigenvalue weighted by Crippen LogP contribution is 2.42. The summed E-state index contributed by atoms with van der Waals surface area (Å²) in [5.41, 5.74) is 10.4. The molecule has 0 bridgehead atoms. The van der Waals surface area contributed by atoms with E-state index in [1.165, 1.54) is 18.5 Å². The summed E-state index contributed by atoms with van der Waals surface area (Å²) in [5.74, 6) is -0.731. The van der Waals surface area contributed by atoms with E-state index in [0.29, 0.717) is 17.4 Å². The maximum atomic E-state index is 13.5. The summed E-state index contributed by atoms with van der Waals surface area (Å²) in [4.78, 5) is 8.66. The number of anilines is 1. The summed E-state index contributed by atoms with van der Waals surface area (Å²) < 4.78 is 30.9. The molecule has 3 heterocycles. The summed E-state index contributed by atoms with van der Waals surface area (Å²) >= 11 is 0. The molecule has 6 nitrogen and oxygen atoms in total. The first-order chi connectivity index (χ1) is 15.0. The second-order valence-corrected chi connectivity index (χ2v) is 8.02. The molecule has 0 amide bonds. The van der Waals surface area contributed by atoms with Gasteiger partial charge < -0.3 is 10.3 Å². The van der Waals surface area contributed by atoms with Crippen LogP contribution in [0.5, 0.6) is 0 Å². The molecule has 154 valence electrons. The number of nitrogens with two attached hydrogens (primary N) is 1. The molecule has 5 aromatic rings. The Morgan fingerprint density at radius 3 is 2.58 bits per heavy atom. The van der Waals surface area contributed by atoms with Gasteiger partial charge in [0.25, 0.3) is 0 Å². The zero-order valence-electron chi connectivity index (χ0n) is 16.5. The second-order valence-electron chi connectivity index (χ2n) is 8.02. The number of benzene rings is 2. The Kier molecular flexibility index (Phi) is 3.83. The molecule has 0 radical (unpaired) electrons. The van der Waals surface area contributed by atoms with Gasteiger partial charge in [0.05, 0.1) is 17.4 Å². The summed E-state index contributed by atoms with van der Waals surface area (Å²) in [6, 6.07) is 9.94. The van der Waals surface area contributed by atoms with Gasteiger partial charge in [-0.05, 0) is 48.2 Å². The van der Waals surface area contributed by atoms with Crippen LogP contribution in [0, 0.1) is 11.6 Å². The van der Waals surface area contributed by atoms with Crippen LogP contribution in [0.3, 0.4) is 0 Å². The average Bonchev–Trinajstić information content (AvgIpc) is 3.36. The first kappa shape index (κ1) is 18.0. The van der Waals surface area contributed by atoms with E-state index < -0.39 is 11.6 Å². The number of nitrogens with zero attached hydrogens (tertiary/aromatic N) is 5. The van der Waals surface area contributed by atoms with Crippen molar-refractivity contribution in [2.75, 3.05) is 5.73 Å². The van der Waals surface area contributed by atoms with Crippen molar-refractivity contribution in [1.29, 1.82) is 0 Å². The quantitative estimate of drug-likeness (QED) is 0.461. The third kappa shape index (κ3) is 3.11. The van der Waals surface area contributed by atoms with Crippen molar-refractivity contribution >= 4 is 27.8 Å². The van der Waals surface area contributed by atoms with Gasteiger partial charge in [0.2, 0.25) is 0 Å². The van der Waals surface area contributed by atoms with Crippen LogP contribution in [0.4, 0.5) is 14.6 Å². The van der Waals surface area contributed by atoms with E-state index >= 15 is 0 Å². The van der Waals surface area contributed by atoms with Crippen LogP contribution in [0.25, 0.3) is 33.1 Å². The first-order valence-electron chi connectivity index (χ1n) is 10.1. The topological polar surface area (TPSA) is 74.6 Å². The Bertz CT molecular complexity index is 1440. The number of fused-ring (bicyclic) bond motifs is 2. The number of hydrogen-bond donors (Lipinski definition) is 1. The maximum Gasteiger partial charge on any atom is 0.146 e. The van der Waals surface area contributed by atoms with Crippen molar-refractivity contribution in [3.05, 3.63) is 72.3 Å². The highest BCUT2D eigenvalue weighted by atomic mass is 19.1. The van der Waals surface area contributed by atoms with Gasteiger partial charge in [-0.15, -0.1) is 0 Å². The molecule has 0 atom stereocenters. The van der Waals surface area contributed by atoms with Crippen molar-refractivity contribution in [3.63, 3.8) is 0 Å². The molecule has 6 rings (SSSR count). The van der Waals surface area contributed by atoms with Crippen LogP contribution in [0.2, 0.25) is 0 Å². The zero-order valence-corrected chi connectivity index (χ0v) is 16.5. The molecule has 1 aliphatic carbocycles. The fourth-order valence-corrected chi connectivity index (χ4v) is 4.17. The van der Waals surface area contributed by atoms with Gasteiger partial charge in [0, 0.05) is 35.5 Å². The average molecular weight is 416 g/mol. The van der Waals surface area contributed by atoms with E-state index in [-0.39, 0.29) is 6.54 Å². The van der Waals surface area contributed by atoms with Gasteiger partial charge in [0.15, 0.2) is 0 Å². The van der Waals surface area contributed by atoms with Crippen LogP contribution >= 0.6 is 0 Å². The van der Waals surface area contributed by atoms with Crippen LogP contribution in [-0.2, 0) is 6.54 Å². The van der Waals surface area contributed by atoms with Crippen LogP contribution in [0.15, 0.2) is 55.1 Å². The number of nitrogen functional groups attached to an aromatic ring is 1. The summed E-state index contributed by atoms with van der Waals surface area (Å²) in [6.07, 6.45) is 7.76. The molecule has 0 saturated heterocycles. The lowest BCUT2D eigenvalue weighted by Gasteiger charge is -2.02. The molecular formula is C23H18F2N6. The number of rotatable bonds is 4. The van der Waals surface area contributed by atoms with Crippen molar-refractivity contribution < 1.29 is 8.78 Å². The van der Waals surface area contributed by atoms with E-state index in [9.17, 15) is 8.78 Å². The van der Waals surface area contributed by atoms with Crippen molar-refractivity contribution in [2.45, 2.75) is 25.4 Å². The molecule has 0 aliphatic heterocycles. The normalized spacial score (nSPS) is 14.0. The Balaban J connectivity index is 1.42. The summed E-state index contributed by atoms with van der Waals surface area (Å²) in [6.45, 7) is 0.278. The van der Waals surface area contributed by atoms with Gasteiger partial charge >= 0.3 is 0 Å². The van der Waals surface area contributed by atoms with E-state index in [1.54, 1.807) is 4.68 Å². The van der Waals surface area contributed by atoms with E-state index in [0.717, 1.165) is 52.0 Å². The Morgan fingerprint density at radius 1 is 1.00 bits per heavy atom. The fourth-order valence-electron chi connectivity index (χ4n) is 4.17. The van der Waals surface area contributed by atoms with Crippen molar-refractivity contribution in [1.82, 2.24) is 24.3 Å². The predicted octanol–water partition coefficient (Wildman–Crippen LogP) is 4.69. The van der Waals surface area contributed by atoms with E-state index in [1.807, 2.05) is 24.4 Å². The zero-order chi connectivity index (χ0) is 21.1. The molecular weight excluding hydrogens is 398 g/mol. The largest absolute Gasteiger partial charge is 0.383 e. The highest BCUT2D eigenvalue weighted by Gasteiger charge is 2.27. The minimum Gasteiger partial charge on any atom is -0.383 e. The maximum absolute atomic E-state index is 13.5.